The summed E-state index contributed by atoms with van der Waals surface area (Å²) >= 11 is 0. The molecule has 0 heterocycles. The number of rotatable bonds is 5. The Bertz CT molecular complexity index is 707. The monoisotopic (exact) mass is 354 g/mol. The number of benzene rings is 2. The zero-order valence-corrected chi connectivity index (χ0v) is 16.7. The Labute approximate surface area is 153 Å². The largest absolute Gasteiger partial charge is 0.318 e. The molecule has 0 N–H and O–H groups in total. The average molecular weight is 354 g/mol. The molecule has 1 fully saturated rings. The van der Waals surface area contributed by atoms with Gasteiger partial charge in [-0.1, -0.05) is 87.9 Å². The minimum absolute atomic E-state index is 0.304. The van der Waals surface area contributed by atoms with Crippen molar-refractivity contribution in [2.75, 3.05) is 0 Å². The van der Waals surface area contributed by atoms with Crippen LogP contribution in [0.3, 0.4) is 0 Å². The van der Waals surface area contributed by atoms with Crippen molar-refractivity contribution in [1.82, 2.24) is 0 Å². The topological polar surface area (TPSA) is 17.1 Å². The van der Waals surface area contributed by atoms with Crippen molar-refractivity contribution in [1.29, 1.82) is 0 Å². The van der Waals surface area contributed by atoms with Gasteiger partial charge in [0.25, 0.3) is 0 Å². The van der Waals surface area contributed by atoms with Gasteiger partial charge in [-0.25, -0.2) is 0 Å². The minimum atomic E-state index is -2.52. The highest BCUT2D eigenvalue weighted by atomic mass is 31.2. The quantitative estimate of drug-likeness (QED) is 0.573. The number of hydrogen-bond donors (Lipinski definition) is 0. The van der Waals surface area contributed by atoms with Crippen molar-refractivity contribution < 1.29 is 4.57 Å². The Morgan fingerprint density at radius 1 is 0.960 bits per heavy atom. The molecule has 0 spiro atoms. The van der Waals surface area contributed by atoms with Gasteiger partial charge in [-0.05, 0) is 36.2 Å². The maximum absolute atomic E-state index is 14.6. The third-order valence-electron chi connectivity index (χ3n) is 5.98. The molecule has 0 aromatic heterocycles. The van der Waals surface area contributed by atoms with Gasteiger partial charge in [0.2, 0.25) is 0 Å². The number of hydrogen-bond acceptors (Lipinski definition) is 1. The van der Waals surface area contributed by atoms with Gasteiger partial charge in [-0.15, -0.1) is 0 Å². The first-order chi connectivity index (χ1) is 12.0. The molecule has 0 radical (unpaired) electrons. The molecule has 1 nitrogen and oxygen atoms in total. The fourth-order valence-corrected chi connectivity index (χ4v) is 8.61. The lowest BCUT2D eigenvalue weighted by atomic mass is 9.77. The molecule has 1 aliphatic rings. The summed E-state index contributed by atoms with van der Waals surface area (Å²) in [6, 6.07) is 20.7. The van der Waals surface area contributed by atoms with E-state index in [0.29, 0.717) is 29.6 Å². The van der Waals surface area contributed by atoms with E-state index in [0.717, 1.165) is 11.7 Å². The second-order valence-corrected chi connectivity index (χ2v) is 11.3. The van der Waals surface area contributed by atoms with Gasteiger partial charge in [-0.3, -0.25) is 0 Å². The first-order valence-electron chi connectivity index (χ1n) is 9.69. The summed E-state index contributed by atoms with van der Waals surface area (Å²) in [5.41, 5.74) is 1.51. The van der Waals surface area contributed by atoms with Crippen molar-refractivity contribution in [3.05, 3.63) is 66.2 Å². The van der Waals surface area contributed by atoms with Gasteiger partial charge in [0.1, 0.15) is 7.14 Å². The van der Waals surface area contributed by atoms with Crippen LogP contribution in [0.1, 0.15) is 45.6 Å². The van der Waals surface area contributed by atoms with Crippen molar-refractivity contribution in [2.24, 2.45) is 17.8 Å². The molecule has 0 amide bonds. The van der Waals surface area contributed by atoms with E-state index >= 15 is 0 Å². The van der Waals surface area contributed by atoms with Crippen LogP contribution in [0, 0.1) is 17.8 Å². The van der Waals surface area contributed by atoms with E-state index < -0.39 is 7.14 Å². The lowest BCUT2D eigenvalue weighted by molar-refractivity contribution is 0.236. The van der Waals surface area contributed by atoms with Gasteiger partial charge in [0.15, 0.2) is 0 Å². The summed E-state index contributed by atoms with van der Waals surface area (Å²) in [4.78, 5) is 0. The molecule has 134 valence electrons. The van der Waals surface area contributed by atoms with Crippen LogP contribution in [0.4, 0.5) is 0 Å². The molecule has 4 atom stereocenters. The van der Waals surface area contributed by atoms with Crippen LogP contribution >= 0.6 is 7.14 Å². The van der Waals surface area contributed by atoms with Gasteiger partial charge in [0.05, 0.1) is 0 Å². The van der Waals surface area contributed by atoms with Gasteiger partial charge in [0, 0.05) is 17.1 Å². The second-order valence-electron chi connectivity index (χ2n) is 8.17. The van der Waals surface area contributed by atoms with Gasteiger partial charge >= 0.3 is 0 Å². The summed E-state index contributed by atoms with van der Waals surface area (Å²) in [5, 5.41) is 1.07. The maximum Gasteiger partial charge on any atom is 0.123 e. The predicted octanol–water partition coefficient (Wildman–Crippen LogP) is 6.34. The zero-order valence-electron chi connectivity index (χ0n) is 15.8. The lowest BCUT2D eigenvalue weighted by Crippen LogP contribution is -2.35. The third kappa shape index (κ3) is 4.09. The van der Waals surface area contributed by atoms with Crippen LogP contribution in [0.15, 0.2) is 60.7 Å². The molecule has 25 heavy (non-hydrogen) atoms. The highest BCUT2D eigenvalue weighted by molar-refractivity contribution is 7.71. The fourth-order valence-electron chi connectivity index (χ4n) is 4.57. The molecule has 2 aromatic carbocycles. The molecule has 2 aromatic rings. The summed E-state index contributed by atoms with van der Waals surface area (Å²) in [6.45, 7) is 6.96. The molecule has 2 heteroatoms. The third-order valence-corrected chi connectivity index (χ3v) is 9.65. The van der Waals surface area contributed by atoms with Crippen LogP contribution in [0.5, 0.6) is 0 Å². The van der Waals surface area contributed by atoms with Crippen LogP contribution in [-0.4, -0.2) is 5.66 Å². The van der Waals surface area contributed by atoms with Crippen LogP contribution < -0.4 is 5.30 Å². The van der Waals surface area contributed by atoms with Crippen molar-refractivity contribution in [3.63, 3.8) is 0 Å². The zero-order chi connectivity index (χ0) is 17.9. The molecule has 1 saturated carbocycles. The predicted molar refractivity (Wildman–Crippen MR) is 109 cm³/mol. The van der Waals surface area contributed by atoms with E-state index in [2.05, 4.69) is 57.2 Å². The maximum atomic E-state index is 14.6. The summed E-state index contributed by atoms with van der Waals surface area (Å²) < 4.78 is 14.6. The fraction of sp³-hybridized carbons (Fsp3) is 0.478. The molecule has 1 aliphatic carbocycles. The van der Waals surface area contributed by atoms with E-state index in [4.69, 9.17) is 0 Å². The van der Waals surface area contributed by atoms with Crippen molar-refractivity contribution in [2.45, 2.75) is 51.9 Å². The van der Waals surface area contributed by atoms with Gasteiger partial charge in [-0.2, -0.15) is 0 Å². The Morgan fingerprint density at radius 2 is 1.56 bits per heavy atom. The normalized spacial score (nSPS) is 26.3. The second kappa shape index (κ2) is 7.92. The van der Waals surface area contributed by atoms with E-state index in [1.807, 2.05) is 24.3 Å². The highest BCUT2D eigenvalue weighted by Gasteiger charge is 2.43. The molecule has 0 unspecified atom stereocenters. The Morgan fingerprint density at radius 3 is 2.16 bits per heavy atom. The van der Waals surface area contributed by atoms with Crippen molar-refractivity contribution in [3.8, 4) is 0 Å². The van der Waals surface area contributed by atoms with Crippen LogP contribution in [-0.2, 0) is 10.7 Å². The lowest BCUT2D eigenvalue weighted by Gasteiger charge is -2.42. The molecule has 0 aliphatic heterocycles. The summed E-state index contributed by atoms with van der Waals surface area (Å²) in [5.74, 6) is 1.82. The van der Waals surface area contributed by atoms with Crippen LogP contribution in [0.25, 0.3) is 0 Å². The Balaban J connectivity index is 2.05. The van der Waals surface area contributed by atoms with E-state index in [-0.39, 0.29) is 0 Å². The average Bonchev–Trinajstić information content (AvgIpc) is 2.63. The molecular formula is C23H31OP. The summed E-state index contributed by atoms with van der Waals surface area (Å²) in [6.07, 6.45) is 4.29. The summed E-state index contributed by atoms with van der Waals surface area (Å²) in [7, 11) is -2.52. The SMILES string of the molecule is CC(C)[C@@H]1CC[C@@H](C)C[C@H]1[P@](=O)(Cc1ccccc1)c1ccccc1. The van der Waals surface area contributed by atoms with Crippen LogP contribution in [0.2, 0.25) is 0 Å². The van der Waals surface area contributed by atoms with Gasteiger partial charge < -0.3 is 4.57 Å². The first-order valence-corrected chi connectivity index (χ1v) is 11.6. The van der Waals surface area contributed by atoms with E-state index in [1.165, 1.54) is 18.4 Å². The molecular weight excluding hydrogens is 323 g/mol. The minimum Gasteiger partial charge on any atom is -0.318 e. The van der Waals surface area contributed by atoms with E-state index in [1.54, 1.807) is 0 Å². The Hall–Kier alpha value is -1.33. The first kappa shape index (κ1) is 18.5. The molecule has 0 bridgehead atoms. The Kier molecular flexibility index (Phi) is 5.85. The standard InChI is InChI=1S/C23H31OP/c1-18(2)22-15-14-19(3)16-23(22)25(24,21-12-8-5-9-13-21)17-20-10-6-4-7-11-20/h4-13,18-19,22-23H,14-17H2,1-3H3/t19-,22+,23-,25+/m1/s1. The van der Waals surface area contributed by atoms with E-state index in [9.17, 15) is 4.57 Å². The molecule has 0 saturated heterocycles. The van der Waals surface area contributed by atoms with Crippen molar-refractivity contribution >= 4 is 12.4 Å². The highest BCUT2D eigenvalue weighted by Crippen LogP contribution is 2.60. The smallest absolute Gasteiger partial charge is 0.123 e. The molecule has 3 rings (SSSR count).